The van der Waals surface area contributed by atoms with E-state index in [1.54, 1.807) is 0 Å². The maximum absolute atomic E-state index is 12.7. The van der Waals surface area contributed by atoms with E-state index in [9.17, 15) is 9.59 Å². The first kappa shape index (κ1) is 20.2. The van der Waals surface area contributed by atoms with Crippen molar-refractivity contribution in [2.45, 2.75) is 51.9 Å². The predicted molar refractivity (Wildman–Crippen MR) is 109 cm³/mol. The lowest BCUT2D eigenvalue weighted by Gasteiger charge is -2.35. The van der Waals surface area contributed by atoms with E-state index in [4.69, 9.17) is 11.6 Å². The Labute approximate surface area is 167 Å². The van der Waals surface area contributed by atoms with Gasteiger partial charge in [0.25, 0.3) is 0 Å². The number of carbonyl (C=O) groups excluding carboxylic acids is 2. The summed E-state index contributed by atoms with van der Waals surface area (Å²) in [4.78, 5) is 27.2. The van der Waals surface area contributed by atoms with Crippen molar-refractivity contribution in [2.75, 3.05) is 19.6 Å². The Balaban J connectivity index is 1.38. The van der Waals surface area contributed by atoms with Gasteiger partial charge in [-0.15, -0.1) is 0 Å². The van der Waals surface area contributed by atoms with Crippen molar-refractivity contribution >= 4 is 23.4 Å². The first-order valence-corrected chi connectivity index (χ1v) is 10.7. The largest absolute Gasteiger partial charge is 0.356 e. The third-order valence-corrected chi connectivity index (χ3v) is 6.29. The molecule has 1 saturated carbocycles. The molecule has 3 rings (SSSR count). The quantitative estimate of drug-likeness (QED) is 0.824. The molecule has 1 saturated heterocycles. The van der Waals surface area contributed by atoms with Crippen LogP contribution in [0.1, 0.15) is 51.0 Å². The van der Waals surface area contributed by atoms with Crippen molar-refractivity contribution in [3.05, 3.63) is 34.9 Å². The maximum atomic E-state index is 12.7. The number of benzene rings is 1. The molecule has 1 heterocycles. The van der Waals surface area contributed by atoms with E-state index in [1.165, 1.54) is 12.0 Å². The van der Waals surface area contributed by atoms with E-state index in [-0.39, 0.29) is 17.7 Å². The highest BCUT2D eigenvalue weighted by molar-refractivity contribution is 6.30. The number of likely N-dealkylation sites (tertiary alicyclic amines) is 1. The van der Waals surface area contributed by atoms with Crippen LogP contribution in [0.15, 0.2) is 24.3 Å². The van der Waals surface area contributed by atoms with Crippen molar-refractivity contribution in [1.82, 2.24) is 10.2 Å². The van der Waals surface area contributed by atoms with Crippen molar-refractivity contribution < 1.29 is 9.59 Å². The van der Waals surface area contributed by atoms with Crippen LogP contribution in [0, 0.1) is 17.8 Å². The smallest absolute Gasteiger partial charge is 0.225 e. The molecule has 1 aliphatic carbocycles. The van der Waals surface area contributed by atoms with E-state index < -0.39 is 0 Å². The van der Waals surface area contributed by atoms with E-state index in [1.807, 2.05) is 24.3 Å². The number of piperidine rings is 1. The minimum atomic E-state index is 0.0551. The molecule has 2 amide bonds. The van der Waals surface area contributed by atoms with E-state index >= 15 is 0 Å². The Morgan fingerprint density at radius 1 is 1.07 bits per heavy atom. The molecule has 1 atom stereocenters. The Morgan fingerprint density at radius 3 is 2.41 bits per heavy atom. The van der Waals surface area contributed by atoms with Gasteiger partial charge in [0, 0.05) is 36.5 Å². The number of halogens is 1. The molecule has 1 aliphatic heterocycles. The summed E-state index contributed by atoms with van der Waals surface area (Å²) in [5, 5.41) is 3.79. The number of hydrogen-bond donors (Lipinski definition) is 1. The third-order valence-electron chi connectivity index (χ3n) is 6.04. The van der Waals surface area contributed by atoms with Gasteiger partial charge in [0.1, 0.15) is 0 Å². The molecule has 0 bridgehead atoms. The summed E-state index contributed by atoms with van der Waals surface area (Å²) < 4.78 is 0. The highest BCUT2D eigenvalue weighted by atomic mass is 35.5. The van der Waals surface area contributed by atoms with Gasteiger partial charge in [0.2, 0.25) is 11.8 Å². The molecule has 2 fully saturated rings. The van der Waals surface area contributed by atoms with Gasteiger partial charge in [-0.3, -0.25) is 9.59 Å². The molecule has 1 aromatic carbocycles. The first-order chi connectivity index (χ1) is 13.0. The predicted octanol–water partition coefficient (Wildman–Crippen LogP) is 4.06. The van der Waals surface area contributed by atoms with Gasteiger partial charge in [0.15, 0.2) is 0 Å². The first-order valence-electron chi connectivity index (χ1n) is 10.3. The van der Waals surface area contributed by atoms with Gasteiger partial charge in [0.05, 0.1) is 0 Å². The Morgan fingerprint density at radius 2 is 1.74 bits per heavy atom. The van der Waals surface area contributed by atoms with Crippen molar-refractivity contribution in [1.29, 1.82) is 0 Å². The summed E-state index contributed by atoms with van der Waals surface area (Å²) in [7, 11) is 0. The molecule has 4 nitrogen and oxygen atoms in total. The molecule has 0 spiro atoms. The van der Waals surface area contributed by atoms with Crippen LogP contribution in [0.3, 0.4) is 0 Å². The molecule has 1 unspecified atom stereocenters. The molecule has 0 radical (unpaired) electrons. The van der Waals surface area contributed by atoms with Crippen LogP contribution in [0.25, 0.3) is 0 Å². The number of hydrogen-bond acceptors (Lipinski definition) is 2. The van der Waals surface area contributed by atoms with Crippen LogP contribution in [0.5, 0.6) is 0 Å². The van der Waals surface area contributed by atoms with Crippen molar-refractivity contribution in [3.63, 3.8) is 0 Å². The average molecular weight is 391 g/mol. The highest BCUT2D eigenvalue weighted by Gasteiger charge is 2.33. The summed E-state index contributed by atoms with van der Waals surface area (Å²) in [5.74, 6) is 1.25. The van der Waals surface area contributed by atoms with E-state index in [0.29, 0.717) is 18.4 Å². The van der Waals surface area contributed by atoms with Crippen LogP contribution < -0.4 is 5.32 Å². The second kappa shape index (κ2) is 9.59. The molecule has 5 heteroatoms. The van der Waals surface area contributed by atoms with Gasteiger partial charge >= 0.3 is 0 Å². The molecule has 1 N–H and O–H groups in total. The van der Waals surface area contributed by atoms with Crippen LogP contribution in [-0.4, -0.2) is 36.3 Å². The van der Waals surface area contributed by atoms with Crippen LogP contribution in [-0.2, 0) is 16.0 Å². The summed E-state index contributed by atoms with van der Waals surface area (Å²) in [6, 6.07) is 7.74. The lowest BCUT2D eigenvalue weighted by molar-refractivity contribution is -0.140. The molecule has 27 heavy (non-hydrogen) atoms. The molecule has 1 aromatic rings. The van der Waals surface area contributed by atoms with E-state index in [2.05, 4.69) is 17.1 Å². The lowest BCUT2D eigenvalue weighted by atomic mass is 9.80. The molecular formula is C22H31ClN2O2. The summed E-state index contributed by atoms with van der Waals surface area (Å²) >= 11 is 5.89. The fourth-order valence-electron chi connectivity index (χ4n) is 4.38. The second-order valence-corrected chi connectivity index (χ2v) is 8.68. The SMILES string of the molecule is CC1CCCN(C(=O)C2CCC(C(=O)NCCc3ccc(Cl)cc3)CC2)C1. The van der Waals surface area contributed by atoms with Crippen LogP contribution in [0.2, 0.25) is 5.02 Å². The molecule has 0 aromatic heterocycles. The van der Waals surface area contributed by atoms with Crippen LogP contribution in [0.4, 0.5) is 0 Å². The van der Waals surface area contributed by atoms with Gasteiger partial charge in [-0.25, -0.2) is 0 Å². The number of carbonyl (C=O) groups is 2. The molecule has 148 valence electrons. The number of amides is 2. The zero-order chi connectivity index (χ0) is 19.2. The van der Waals surface area contributed by atoms with Crippen molar-refractivity contribution in [3.8, 4) is 0 Å². The summed E-state index contributed by atoms with van der Waals surface area (Å²) in [6.45, 7) is 4.69. The number of nitrogens with one attached hydrogen (secondary N) is 1. The maximum Gasteiger partial charge on any atom is 0.225 e. The van der Waals surface area contributed by atoms with Crippen LogP contribution >= 0.6 is 11.6 Å². The fraction of sp³-hybridized carbons (Fsp3) is 0.636. The monoisotopic (exact) mass is 390 g/mol. The summed E-state index contributed by atoms with van der Waals surface area (Å²) in [6.07, 6.45) is 6.51. The van der Waals surface area contributed by atoms with Gasteiger partial charge < -0.3 is 10.2 Å². The molecular weight excluding hydrogens is 360 g/mol. The highest BCUT2D eigenvalue weighted by Crippen LogP contribution is 2.31. The standard InChI is InChI=1S/C22H31ClN2O2/c1-16-3-2-14-25(15-16)22(27)19-8-6-18(7-9-19)21(26)24-13-12-17-4-10-20(23)11-5-17/h4-5,10-11,16,18-19H,2-3,6-9,12-15H2,1H3,(H,24,26). The number of nitrogens with zero attached hydrogens (tertiary/aromatic N) is 1. The Bertz CT molecular complexity index is 638. The van der Waals surface area contributed by atoms with Gasteiger partial charge in [-0.05, 0) is 68.6 Å². The fourth-order valence-corrected chi connectivity index (χ4v) is 4.50. The van der Waals surface area contributed by atoms with E-state index in [0.717, 1.165) is 56.6 Å². The second-order valence-electron chi connectivity index (χ2n) is 8.25. The average Bonchev–Trinajstić information content (AvgIpc) is 2.69. The van der Waals surface area contributed by atoms with Crippen molar-refractivity contribution in [2.24, 2.45) is 17.8 Å². The third kappa shape index (κ3) is 5.71. The normalized spacial score (nSPS) is 25.9. The lowest BCUT2D eigenvalue weighted by Crippen LogP contribution is -2.44. The zero-order valence-electron chi connectivity index (χ0n) is 16.3. The minimum Gasteiger partial charge on any atom is -0.356 e. The zero-order valence-corrected chi connectivity index (χ0v) is 17.0. The number of rotatable bonds is 5. The van der Waals surface area contributed by atoms with Gasteiger partial charge in [-0.2, -0.15) is 0 Å². The summed E-state index contributed by atoms with van der Waals surface area (Å²) in [5.41, 5.74) is 1.17. The Hall–Kier alpha value is -1.55. The molecule has 2 aliphatic rings. The minimum absolute atomic E-state index is 0.0551. The Kier molecular flexibility index (Phi) is 7.17. The van der Waals surface area contributed by atoms with Gasteiger partial charge in [-0.1, -0.05) is 30.7 Å². The topological polar surface area (TPSA) is 49.4 Å².